The molecule has 2 rings (SSSR count). The number of urea groups is 1. The maximum Gasteiger partial charge on any atom is 0.315 e. The Morgan fingerprint density at radius 2 is 2.05 bits per heavy atom. The van der Waals surface area contributed by atoms with Gasteiger partial charge in [-0.3, -0.25) is 4.79 Å². The second-order valence-electron chi connectivity index (χ2n) is 4.90. The molecule has 0 aliphatic heterocycles. The van der Waals surface area contributed by atoms with Crippen molar-refractivity contribution in [3.63, 3.8) is 0 Å². The van der Waals surface area contributed by atoms with Crippen molar-refractivity contribution in [1.82, 2.24) is 20.2 Å². The summed E-state index contributed by atoms with van der Waals surface area (Å²) in [7, 11) is 0. The van der Waals surface area contributed by atoms with E-state index in [-0.39, 0.29) is 25.0 Å². The zero-order valence-corrected chi connectivity index (χ0v) is 12.3. The topological polar surface area (TPSA) is 102 Å². The predicted molar refractivity (Wildman–Crippen MR) is 82.3 cm³/mol. The van der Waals surface area contributed by atoms with Crippen molar-refractivity contribution < 1.29 is 9.59 Å². The average Bonchev–Trinajstić information content (AvgIpc) is 3.01. The lowest BCUT2D eigenvalue weighted by Crippen LogP contribution is -2.38. The maximum atomic E-state index is 11.7. The molecule has 1 atom stereocenters. The quantitative estimate of drug-likeness (QED) is 0.744. The third-order valence-electron chi connectivity index (χ3n) is 3.20. The summed E-state index contributed by atoms with van der Waals surface area (Å²) in [4.78, 5) is 26.3. The molecule has 0 radical (unpaired) electrons. The Labute approximate surface area is 128 Å². The fourth-order valence-electron chi connectivity index (χ4n) is 1.98. The van der Waals surface area contributed by atoms with Crippen LogP contribution in [0.1, 0.15) is 24.9 Å². The normalized spacial score (nSPS) is 11.7. The summed E-state index contributed by atoms with van der Waals surface area (Å²) < 4.78 is 1.90. The Morgan fingerprint density at radius 1 is 1.32 bits per heavy atom. The number of primary amides is 1. The second kappa shape index (κ2) is 7.26. The second-order valence-corrected chi connectivity index (χ2v) is 4.90. The van der Waals surface area contributed by atoms with Crippen molar-refractivity contribution in [2.45, 2.75) is 19.4 Å². The summed E-state index contributed by atoms with van der Waals surface area (Å²) in [6.45, 7) is 2.12. The van der Waals surface area contributed by atoms with Gasteiger partial charge in [0.15, 0.2) is 0 Å². The number of aromatic nitrogens is 2. The minimum absolute atomic E-state index is 0.126. The lowest BCUT2D eigenvalue weighted by atomic mass is 10.1. The van der Waals surface area contributed by atoms with Gasteiger partial charge in [0.25, 0.3) is 0 Å². The molecule has 7 nitrogen and oxygen atoms in total. The van der Waals surface area contributed by atoms with Gasteiger partial charge in [-0.25, -0.2) is 9.78 Å². The number of nitrogens with two attached hydrogens (primary N) is 1. The third-order valence-corrected chi connectivity index (χ3v) is 3.20. The van der Waals surface area contributed by atoms with Gasteiger partial charge in [-0.2, -0.15) is 0 Å². The molecule has 0 aliphatic carbocycles. The molecule has 2 aromatic rings. The molecule has 7 heteroatoms. The van der Waals surface area contributed by atoms with Crippen molar-refractivity contribution >= 4 is 11.9 Å². The third kappa shape index (κ3) is 4.34. The van der Waals surface area contributed by atoms with Gasteiger partial charge < -0.3 is 20.9 Å². The molecule has 116 valence electrons. The number of rotatable bonds is 6. The van der Waals surface area contributed by atoms with Crippen LogP contribution in [-0.2, 0) is 4.79 Å². The van der Waals surface area contributed by atoms with E-state index in [4.69, 9.17) is 5.73 Å². The smallest absolute Gasteiger partial charge is 0.315 e. The van der Waals surface area contributed by atoms with E-state index in [0.717, 1.165) is 11.3 Å². The van der Waals surface area contributed by atoms with Gasteiger partial charge in [0.1, 0.15) is 0 Å². The minimum atomic E-state index is -0.441. The first-order valence-corrected chi connectivity index (χ1v) is 6.97. The van der Waals surface area contributed by atoms with E-state index in [0.29, 0.717) is 0 Å². The molecule has 0 saturated heterocycles. The monoisotopic (exact) mass is 301 g/mol. The maximum absolute atomic E-state index is 11.7. The molecule has 1 aromatic heterocycles. The minimum Gasteiger partial charge on any atom is -0.370 e. The Hall–Kier alpha value is -2.83. The van der Waals surface area contributed by atoms with E-state index < -0.39 is 5.91 Å². The largest absolute Gasteiger partial charge is 0.370 e. The van der Waals surface area contributed by atoms with Crippen LogP contribution in [0.4, 0.5) is 4.79 Å². The molecule has 0 saturated carbocycles. The number of amides is 3. The standard InChI is InChI=1S/C15H19N5O2/c1-11(19-15(22)18-7-6-14(16)21)12-2-4-13(5-3-12)20-9-8-17-10-20/h2-5,8-11H,6-7H2,1H3,(H2,16,21)(H2,18,19,22). The van der Waals surface area contributed by atoms with Gasteiger partial charge in [0.2, 0.25) is 5.91 Å². The molecule has 22 heavy (non-hydrogen) atoms. The van der Waals surface area contributed by atoms with E-state index >= 15 is 0 Å². The van der Waals surface area contributed by atoms with Gasteiger partial charge >= 0.3 is 6.03 Å². The number of nitrogens with one attached hydrogen (secondary N) is 2. The van der Waals surface area contributed by atoms with E-state index in [9.17, 15) is 9.59 Å². The number of carbonyl (C=O) groups is 2. The van der Waals surface area contributed by atoms with Crippen LogP contribution >= 0.6 is 0 Å². The van der Waals surface area contributed by atoms with Gasteiger partial charge in [-0.05, 0) is 24.6 Å². The number of nitrogens with zero attached hydrogens (tertiary/aromatic N) is 2. The van der Waals surface area contributed by atoms with Gasteiger partial charge in [-0.1, -0.05) is 12.1 Å². The molecular formula is C15H19N5O2. The van der Waals surface area contributed by atoms with Crippen molar-refractivity contribution in [3.05, 3.63) is 48.5 Å². The van der Waals surface area contributed by atoms with E-state index in [2.05, 4.69) is 15.6 Å². The highest BCUT2D eigenvalue weighted by molar-refractivity contribution is 5.77. The van der Waals surface area contributed by atoms with Crippen LogP contribution in [0.5, 0.6) is 0 Å². The first-order valence-electron chi connectivity index (χ1n) is 6.97. The summed E-state index contributed by atoms with van der Waals surface area (Å²) in [5.41, 5.74) is 6.99. The van der Waals surface area contributed by atoms with Crippen LogP contribution < -0.4 is 16.4 Å². The Kier molecular flexibility index (Phi) is 5.13. The van der Waals surface area contributed by atoms with Crippen molar-refractivity contribution in [2.24, 2.45) is 5.73 Å². The fourth-order valence-corrected chi connectivity index (χ4v) is 1.98. The molecule has 0 aliphatic rings. The first-order chi connectivity index (χ1) is 10.6. The number of hydrogen-bond acceptors (Lipinski definition) is 3. The molecule has 1 aromatic carbocycles. The molecule has 3 amide bonds. The SMILES string of the molecule is CC(NC(=O)NCCC(N)=O)c1ccc(-n2ccnc2)cc1. The summed E-state index contributed by atoms with van der Waals surface area (Å²) >= 11 is 0. The van der Waals surface area contributed by atoms with Gasteiger partial charge in [0.05, 0.1) is 12.4 Å². The number of hydrogen-bond donors (Lipinski definition) is 3. The number of imidazole rings is 1. The Balaban J connectivity index is 1.88. The first kappa shape index (κ1) is 15.6. The number of carbonyl (C=O) groups excluding carboxylic acids is 2. The van der Waals surface area contributed by atoms with Crippen LogP contribution in [0.15, 0.2) is 43.0 Å². The van der Waals surface area contributed by atoms with Crippen molar-refractivity contribution in [3.8, 4) is 5.69 Å². The van der Waals surface area contributed by atoms with Gasteiger partial charge in [0, 0.05) is 31.0 Å². The number of benzene rings is 1. The highest BCUT2D eigenvalue weighted by Crippen LogP contribution is 2.15. The highest BCUT2D eigenvalue weighted by Gasteiger charge is 2.09. The molecule has 0 bridgehead atoms. The van der Waals surface area contributed by atoms with E-state index in [1.165, 1.54) is 0 Å². The summed E-state index contributed by atoms with van der Waals surface area (Å²) in [5, 5.41) is 5.39. The average molecular weight is 301 g/mol. The zero-order chi connectivity index (χ0) is 15.9. The van der Waals surface area contributed by atoms with Crippen LogP contribution in [0, 0.1) is 0 Å². The fraction of sp³-hybridized carbons (Fsp3) is 0.267. The predicted octanol–water partition coefficient (Wildman–Crippen LogP) is 1.11. The Morgan fingerprint density at radius 3 is 2.64 bits per heavy atom. The van der Waals surface area contributed by atoms with Crippen LogP contribution in [-0.4, -0.2) is 28.0 Å². The summed E-state index contributed by atoms with van der Waals surface area (Å²) in [6.07, 6.45) is 5.43. The lowest BCUT2D eigenvalue weighted by Gasteiger charge is -2.15. The summed E-state index contributed by atoms with van der Waals surface area (Å²) in [5.74, 6) is -0.441. The Bertz CT molecular complexity index is 622. The van der Waals surface area contributed by atoms with E-state index in [1.54, 1.807) is 12.5 Å². The molecular weight excluding hydrogens is 282 g/mol. The highest BCUT2D eigenvalue weighted by atomic mass is 16.2. The molecule has 0 spiro atoms. The summed E-state index contributed by atoms with van der Waals surface area (Å²) in [6, 6.07) is 7.34. The molecule has 1 unspecified atom stereocenters. The van der Waals surface area contributed by atoms with Crippen molar-refractivity contribution in [2.75, 3.05) is 6.54 Å². The van der Waals surface area contributed by atoms with Crippen LogP contribution in [0.2, 0.25) is 0 Å². The lowest BCUT2D eigenvalue weighted by molar-refractivity contribution is -0.117. The van der Waals surface area contributed by atoms with Crippen LogP contribution in [0.25, 0.3) is 5.69 Å². The van der Waals surface area contributed by atoms with Crippen LogP contribution in [0.3, 0.4) is 0 Å². The van der Waals surface area contributed by atoms with Gasteiger partial charge in [-0.15, -0.1) is 0 Å². The van der Waals surface area contributed by atoms with E-state index in [1.807, 2.05) is 42.0 Å². The molecule has 0 fully saturated rings. The zero-order valence-electron chi connectivity index (χ0n) is 12.3. The molecule has 1 heterocycles. The van der Waals surface area contributed by atoms with Crippen molar-refractivity contribution in [1.29, 1.82) is 0 Å². The molecule has 4 N–H and O–H groups in total.